The first kappa shape index (κ1) is 14.9. The van der Waals surface area contributed by atoms with Crippen LogP contribution in [0.3, 0.4) is 0 Å². The smallest absolute Gasteiger partial charge is 0.290 e. The van der Waals surface area contributed by atoms with E-state index in [2.05, 4.69) is 21.2 Å². The highest BCUT2D eigenvalue weighted by Gasteiger charge is 2.34. The molecule has 0 bridgehead atoms. The third-order valence-electron chi connectivity index (χ3n) is 2.74. The Morgan fingerprint density at radius 1 is 1.40 bits per heavy atom. The largest absolute Gasteiger partial charge is 0.354 e. The monoisotopic (exact) mass is 363 g/mol. The molecule has 0 aromatic heterocycles. The van der Waals surface area contributed by atoms with E-state index < -0.39 is 31.4 Å². The van der Waals surface area contributed by atoms with Gasteiger partial charge in [0, 0.05) is 23.6 Å². The molecule has 1 aromatic carbocycles. The number of nitrogens with zero attached hydrogens (tertiary/aromatic N) is 2. The number of nitro groups is 1. The Morgan fingerprint density at radius 2 is 2.10 bits per heavy atom. The van der Waals surface area contributed by atoms with Crippen LogP contribution in [0.5, 0.6) is 0 Å². The Morgan fingerprint density at radius 3 is 2.70 bits per heavy atom. The molecular formula is C10H10BrN3O5S. The minimum Gasteiger partial charge on any atom is -0.354 e. The number of hydrogen-bond donors (Lipinski definition) is 1. The number of halogens is 1. The predicted octanol–water partition coefficient (Wildman–Crippen LogP) is 0.478. The normalized spacial score (nSPS) is 16.8. The Hall–Kier alpha value is -1.52. The molecule has 1 aliphatic rings. The first-order valence-corrected chi connectivity index (χ1v) is 7.76. The molecule has 1 heterocycles. The number of nitrogens with one attached hydrogen (secondary N) is 1. The highest BCUT2D eigenvalue weighted by Crippen LogP contribution is 2.29. The van der Waals surface area contributed by atoms with Crippen molar-refractivity contribution in [2.75, 3.05) is 19.6 Å². The van der Waals surface area contributed by atoms with Gasteiger partial charge in [-0.1, -0.05) is 15.9 Å². The molecule has 20 heavy (non-hydrogen) atoms. The maximum absolute atomic E-state index is 12.4. The second-order valence-electron chi connectivity index (χ2n) is 4.06. The molecule has 1 aliphatic heterocycles. The van der Waals surface area contributed by atoms with Gasteiger partial charge in [0.05, 0.1) is 11.5 Å². The molecule has 10 heteroatoms. The van der Waals surface area contributed by atoms with Crippen LogP contribution in [-0.2, 0) is 14.8 Å². The van der Waals surface area contributed by atoms with Crippen LogP contribution >= 0.6 is 15.9 Å². The number of sulfonamides is 1. The lowest BCUT2D eigenvalue weighted by molar-refractivity contribution is -0.387. The van der Waals surface area contributed by atoms with Crippen molar-refractivity contribution in [3.8, 4) is 0 Å². The van der Waals surface area contributed by atoms with Gasteiger partial charge in [-0.2, -0.15) is 4.31 Å². The Kier molecular flexibility index (Phi) is 4.06. The lowest BCUT2D eigenvalue weighted by Gasteiger charge is -2.25. The first-order valence-electron chi connectivity index (χ1n) is 5.53. The van der Waals surface area contributed by atoms with Crippen LogP contribution in [0.25, 0.3) is 0 Å². The van der Waals surface area contributed by atoms with E-state index in [1.54, 1.807) is 0 Å². The van der Waals surface area contributed by atoms with Crippen molar-refractivity contribution in [2.24, 2.45) is 0 Å². The summed E-state index contributed by atoms with van der Waals surface area (Å²) in [6, 6.07) is 3.69. The van der Waals surface area contributed by atoms with Crippen molar-refractivity contribution in [3.05, 3.63) is 32.8 Å². The summed E-state index contributed by atoms with van der Waals surface area (Å²) in [6.07, 6.45) is 0. The molecule has 0 unspecified atom stereocenters. The van der Waals surface area contributed by atoms with Crippen LogP contribution in [0, 0.1) is 10.1 Å². The minimum atomic E-state index is -4.08. The van der Waals surface area contributed by atoms with Gasteiger partial charge >= 0.3 is 0 Å². The molecule has 1 N–H and O–H groups in total. The van der Waals surface area contributed by atoms with Crippen molar-refractivity contribution in [3.63, 3.8) is 0 Å². The molecule has 0 spiro atoms. The fraction of sp³-hybridized carbons (Fsp3) is 0.300. The number of piperazine rings is 1. The third-order valence-corrected chi connectivity index (χ3v) is 5.12. The van der Waals surface area contributed by atoms with E-state index >= 15 is 0 Å². The molecule has 0 saturated carbocycles. The fourth-order valence-corrected chi connectivity index (χ4v) is 3.69. The summed E-state index contributed by atoms with van der Waals surface area (Å²) in [5.41, 5.74) is -0.523. The highest BCUT2D eigenvalue weighted by molar-refractivity contribution is 9.10. The average Bonchev–Trinajstić information content (AvgIpc) is 2.38. The van der Waals surface area contributed by atoms with Crippen molar-refractivity contribution in [1.29, 1.82) is 0 Å². The van der Waals surface area contributed by atoms with Gasteiger partial charge in [0.2, 0.25) is 15.9 Å². The molecule has 1 saturated heterocycles. The number of amides is 1. The lowest BCUT2D eigenvalue weighted by atomic mass is 10.3. The van der Waals surface area contributed by atoms with Crippen LogP contribution in [0.15, 0.2) is 27.6 Å². The SMILES string of the molecule is O=C1CN(S(=O)(=O)c2ccc(Br)cc2[N+](=O)[O-])CCN1. The van der Waals surface area contributed by atoms with Crippen LogP contribution in [0.1, 0.15) is 0 Å². The van der Waals surface area contributed by atoms with Gasteiger partial charge in [0.1, 0.15) is 0 Å². The molecule has 8 nitrogen and oxygen atoms in total. The van der Waals surface area contributed by atoms with E-state index in [4.69, 9.17) is 0 Å². The summed E-state index contributed by atoms with van der Waals surface area (Å²) >= 11 is 3.06. The molecular weight excluding hydrogens is 354 g/mol. The molecule has 0 radical (unpaired) electrons. The molecule has 0 aliphatic carbocycles. The van der Waals surface area contributed by atoms with E-state index in [0.29, 0.717) is 4.47 Å². The highest BCUT2D eigenvalue weighted by atomic mass is 79.9. The van der Waals surface area contributed by atoms with E-state index in [1.807, 2.05) is 0 Å². The zero-order valence-corrected chi connectivity index (χ0v) is 12.5. The van der Waals surface area contributed by atoms with Crippen LogP contribution in [0.4, 0.5) is 5.69 Å². The quantitative estimate of drug-likeness (QED) is 0.620. The standard InChI is InChI=1S/C10H10BrN3O5S/c11-7-1-2-9(8(5-7)14(16)17)20(18,19)13-4-3-12-10(15)6-13/h1-2,5H,3-4,6H2,(H,12,15). The van der Waals surface area contributed by atoms with Crippen molar-refractivity contribution < 1.29 is 18.1 Å². The number of nitro benzene ring substituents is 1. The van der Waals surface area contributed by atoms with Crippen molar-refractivity contribution >= 4 is 37.5 Å². The van der Waals surface area contributed by atoms with E-state index in [9.17, 15) is 23.3 Å². The van der Waals surface area contributed by atoms with E-state index in [0.717, 1.165) is 16.4 Å². The Balaban J connectivity index is 2.49. The summed E-state index contributed by atoms with van der Waals surface area (Å²) in [5, 5.41) is 13.5. The molecule has 1 amide bonds. The van der Waals surface area contributed by atoms with E-state index in [1.165, 1.54) is 6.07 Å². The fourth-order valence-electron chi connectivity index (χ4n) is 1.81. The summed E-state index contributed by atoms with van der Waals surface area (Å²) in [7, 11) is -4.08. The number of rotatable bonds is 3. The zero-order valence-electron chi connectivity index (χ0n) is 10.1. The van der Waals surface area contributed by atoms with Crippen LogP contribution < -0.4 is 5.32 Å². The summed E-state index contributed by atoms with van der Waals surface area (Å²) in [6.45, 7) is -0.0702. The van der Waals surface area contributed by atoms with Crippen LogP contribution in [-0.4, -0.2) is 43.2 Å². The van der Waals surface area contributed by atoms with E-state index in [-0.39, 0.29) is 19.6 Å². The number of hydrogen-bond acceptors (Lipinski definition) is 5. The number of benzene rings is 1. The Labute approximate surface area is 123 Å². The minimum absolute atomic E-state index is 0.0846. The summed E-state index contributed by atoms with van der Waals surface area (Å²) in [4.78, 5) is 21.1. The van der Waals surface area contributed by atoms with Crippen LogP contribution in [0.2, 0.25) is 0 Å². The van der Waals surface area contributed by atoms with Gasteiger partial charge in [-0.15, -0.1) is 0 Å². The predicted molar refractivity (Wildman–Crippen MR) is 72.6 cm³/mol. The van der Waals surface area contributed by atoms with Crippen molar-refractivity contribution in [2.45, 2.75) is 4.90 Å². The maximum Gasteiger partial charge on any atom is 0.290 e. The molecule has 2 rings (SSSR count). The van der Waals surface area contributed by atoms with Gasteiger partial charge in [0.25, 0.3) is 5.69 Å². The molecule has 1 aromatic rings. The average molecular weight is 364 g/mol. The lowest BCUT2D eigenvalue weighted by Crippen LogP contribution is -2.49. The molecule has 0 atom stereocenters. The number of carbonyl (C=O) groups is 1. The first-order chi connectivity index (χ1) is 9.32. The van der Waals surface area contributed by atoms with Gasteiger partial charge in [-0.3, -0.25) is 14.9 Å². The molecule has 108 valence electrons. The maximum atomic E-state index is 12.4. The third kappa shape index (κ3) is 2.81. The molecule has 1 fully saturated rings. The van der Waals surface area contributed by atoms with Crippen molar-refractivity contribution in [1.82, 2.24) is 9.62 Å². The summed E-state index contributed by atoms with van der Waals surface area (Å²) < 4.78 is 26.1. The second-order valence-corrected chi connectivity index (χ2v) is 6.88. The Bertz CT molecular complexity index is 675. The van der Waals surface area contributed by atoms with Gasteiger partial charge in [0.15, 0.2) is 4.90 Å². The topological polar surface area (TPSA) is 110 Å². The van der Waals surface area contributed by atoms with Gasteiger partial charge < -0.3 is 5.32 Å². The number of carbonyl (C=O) groups excluding carboxylic acids is 1. The second kappa shape index (κ2) is 5.46. The zero-order chi connectivity index (χ0) is 14.9. The summed E-state index contributed by atoms with van der Waals surface area (Å²) in [5.74, 6) is -0.431. The van der Waals surface area contributed by atoms with Gasteiger partial charge in [-0.25, -0.2) is 8.42 Å². The van der Waals surface area contributed by atoms with Gasteiger partial charge in [-0.05, 0) is 12.1 Å².